The summed E-state index contributed by atoms with van der Waals surface area (Å²) in [5.74, 6) is 1.21. The van der Waals surface area contributed by atoms with E-state index in [0.29, 0.717) is 33.6 Å². The maximum atomic E-state index is 12.6. The molecule has 0 aliphatic heterocycles. The molecular weight excluding hydrogens is 364 g/mol. The number of para-hydroxylation sites is 2. The Morgan fingerprint density at radius 3 is 2.74 bits per heavy atom. The summed E-state index contributed by atoms with van der Waals surface area (Å²) in [4.78, 5) is 17.1. The van der Waals surface area contributed by atoms with Gasteiger partial charge in [0.15, 0.2) is 22.4 Å². The van der Waals surface area contributed by atoms with Gasteiger partial charge in [-0.2, -0.15) is 0 Å². The summed E-state index contributed by atoms with van der Waals surface area (Å²) >= 11 is 1.33. The smallest absolute Gasteiger partial charge is 0.261 e. The predicted octanol–water partition coefficient (Wildman–Crippen LogP) is 4.83. The second-order valence-electron chi connectivity index (χ2n) is 5.68. The van der Waals surface area contributed by atoms with Crippen LogP contribution in [0.4, 0.5) is 5.13 Å². The van der Waals surface area contributed by atoms with E-state index >= 15 is 0 Å². The summed E-state index contributed by atoms with van der Waals surface area (Å²) < 4.78 is 16.4. The van der Waals surface area contributed by atoms with Crippen LogP contribution in [0.15, 0.2) is 58.3 Å². The molecule has 0 atom stereocenters. The summed E-state index contributed by atoms with van der Waals surface area (Å²) in [6, 6.07) is 14.8. The van der Waals surface area contributed by atoms with Crippen molar-refractivity contribution in [2.45, 2.75) is 0 Å². The Balaban J connectivity index is 1.58. The molecule has 0 saturated carbocycles. The molecule has 136 valence electrons. The molecule has 1 N–H and O–H groups in total. The molecule has 0 unspecified atom stereocenters. The van der Waals surface area contributed by atoms with Crippen molar-refractivity contribution in [2.75, 3.05) is 19.5 Å². The highest BCUT2D eigenvalue weighted by Crippen LogP contribution is 2.33. The average molecular weight is 380 g/mol. The molecule has 4 aromatic rings. The lowest BCUT2D eigenvalue weighted by Crippen LogP contribution is -2.13. The van der Waals surface area contributed by atoms with Crippen molar-refractivity contribution in [3.63, 3.8) is 0 Å². The standard InChI is InChI=1S/C20H16N2O4S/c1-24-16-9-5-7-13(18(16)25-2)19(23)22-20-21-14(11-27-20)17-10-12-6-3-4-8-15(12)26-17/h3-11H,1-2H3,(H,21,22,23). The molecule has 0 aliphatic rings. The lowest BCUT2D eigenvalue weighted by atomic mass is 10.1. The van der Waals surface area contributed by atoms with Gasteiger partial charge in [-0.15, -0.1) is 11.3 Å². The minimum atomic E-state index is -0.323. The summed E-state index contributed by atoms with van der Waals surface area (Å²) in [5, 5.41) is 6.12. The maximum absolute atomic E-state index is 12.6. The Morgan fingerprint density at radius 1 is 1.11 bits per heavy atom. The molecule has 0 bridgehead atoms. The molecule has 27 heavy (non-hydrogen) atoms. The number of hydrogen-bond acceptors (Lipinski definition) is 6. The van der Waals surface area contributed by atoms with E-state index in [9.17, 15) is 4.79 Å². The summed E-state index contributed by atoms with van der Waals surface area (Å²) in [7, 11) is 3.03. The van der Waals surface area contributed by atoms with Crippen LogP contribution in [0.25, 0.3) is 22.4 Å². The lowest BCUT2D eigenvalue weighted by Gasteiger charge is -2.11. The quantitative estimate of drug-likeness (QED) is 0.537. The second-order valence-corrected chi connectivity index (χ2v) is 6.54. The third-order valence-electron chi connectivity index (χ3n) is 4.05. The van der Waals surface area contributed by atoms with E-state index in [-0.39, 0.29) is 5.91 Å². The number of anilines is 1. The topological polar surface area (TPSA) is 73.6 Å². The highest BCUT2D eigenvalue weighted by atomic mass is 32.1. The van der Waals surface area contributed by atoms with Crippen LogP contribution < -0.4 is 14.8 Å². The van der Waals surface area contributed by atoms with Crippen molar-refractivity contribution in [2.24, 2.45) is 0 Å². The average Bonchev–Trinajstić information content (AvgIpc) is 3.33. The Hall–Kier alpha value is -3.32. The van der Waals surface area contributed by atoms with Gasteiger partial charge in [-0.05, 0) is 24.3 Å². The van der Waals surface area contributed by atoms with Crippen LogP contribution in [-0.4, -0.2) is 25.1 Å². The molecule has 0 fully saturated rings. The number of furan rings is 1. The van der Waals surface area contributed by atoms with Crippen molar-refractivity contribution >= 4 is 33.3 Å². The molecule has 0 radical (unpaired) electrons. The molecule has 7 heteroatoms. The zero-order valence-corrected chi connectivity index (χ0v) is 15.5. The van der Waals surface area contributed by atoms with Crippen LogP contribution in [0.2, 0.25) is 0 Å². The van der Waals surface area contributed by atoms with Gasteiger partial charge in [-0.25, -0.2) is 4.98 Å². The molecule has 0 saturated heterocycles. The number of carbonyl (C=O) groups is 1. The molecule has 2 heterocycles. The van der Waals surface area contributed by atoms with Crippen molar-refractivity contribution in [3.05, 3.63) is 59.5 Å². The fourth-order valence-electron chi connectivity index (χ4n) is 2.78. The third-order valence-corrected chi connectivity index (χ3v) is 4.81. The molecule has 6 nitrogen and oxygen atoms in total. The van der Waals surface area contributed by atoms with Gasteiger partial charge < -0.3 is 13.9 Å². The van der Waals surface area contributed by atoms with Gasteiger partial charge in [0.25, 0.3) is 5.91 Å². The zero-order valence-electron chi connectivity index (χ0n) is 14.7. The third kappa shape index (κ3) is 3.24. The van der Waals surface area contributed by atoms with Crippen molar-refractivity contribution in [1.29, 1.82) is 0 Å². The molecule has 2 aromatic carbocycles. The number of methoxy groups -OCH3 is 2. The number of rotatable bonds is 5. The fraction of sp³-hybridized carbons (Fsp3) is 0.100. The highest BCUT2D eigenvalue weighted by molar-refractivity contribution is 7.14. The summed E-state index contributed by atoms with van der Waals surface area (Å²) in [5.41, 5.74) is 1.84. The number of benzene rings is 2. The minimum absolute atomic E-state index is 0.323. The van der Waals surface area contributed by atoms with Crippen LogP contribution in [0.5, 0.6) is 11.5 Å². The van der Waals surface area contributed by atoms with Crippen LogP contribution >= 0.6 is 11.3 Å². The van der Waals surface area contributed by atoms with Gasteiger partial charge >= 0.3 is 0 Å². The van der Waals surface area contributed by atoms with E-state index in [2.05, 4.69) is 10.3 Å². The Bertz CT molecular complexity index is 1080. The Labute approximate surface area is 159 Å². The van der Waals surface area contributed by atoms with Gasteiger partial charge in [0.1, 0.15) is 11.3 Å². The van der Waals surface area contributed by atoms with Gasteiger partial charge in [0.05, 0.1) is 19.8 Å². The molecule has 4 rings (SSSR count). The van der Waals surface area contributed by atoms with Gasteiger partial charge in [0.2, 0.25) is 0 Å². The monoisotopic (exact) mass is 380 g/mol. The first-order valence-electron chi connectivity index (χ1n) is 8.16. The number of fused-ring (bicyclic) bond motifs is 1. The van der Waals surface area contributed by atoms with Crippen molar-refractivity contribution in [3.8, 4) is 23.0 Å². The van der Waals surface area contributed by atoms with E-state index in [4.69, 9.17) is 13.9 Å². The normalized spacial score (nSPS) is 10.7. The van der Waals surface area contributed by atoms with Crippen molar-refractivity contribution < 1.29 is 18.7 Å². The van der Waals surface area contributed by atoms with Crippen LogP contribution in [0, 0.1) is 0 Å². The van der Waals surface area contributed by atoms with E-state index in [0.717, 1.165) is 11.0 Å². The van der Waals surface area contributed by atoms with Gasteiger partial charge in [-0.1, -0.05) is 24.3 Å². The van der Waals surface area contributed by atoms with E-state index < -0.39 is 0 Å². The predicted molar refractivity (Wildman–Crippen MR) is 105 cm³/mol. The maximum Gasteiger partial charge on any atom is 0.261 e. The number of nitrogens with one attached hydrogen (secondary N) is 1. The first kappa shape index (κ1) is 17.1. The number of ether oxygens (including phenoxy) is 2. The van der Waals surface area contributed by atoms with Crippen LogP contribution in [0.3, 0.4) is 0 Å². The number of thiazole rings is 1. The van der Waals surface area contributed by atoms with Crippen molar-refractivity contribution in [1.82, 2.24) is 4.98 Å². The SMILES string of the molecule is COc1cccc(C(=O)Nc2nc(-c3cc4ccccc4o3)cs2)c1OC. The van der Waals surface area contributed by atoms with Crippen LogP contribution in [0.1, 0.15) is 10.4 Å². The summed E-state index contributed by atoms with van der Waals surface area (Å²) in [6.07, 6.45) is 0. The molecule has 0 spiro atoms. The lowest BCUT2D eigenvalue weighted by molar-refractivity contribution is 0.102. The highest BCUT2D eigenvalue weighted by Gasteiger charge is 2.18. The Kier molecular flexibility index (Phi) is 4.52. The number of carbonyl (C=O) groups excluding carboxylic acids is 1. The van der Waals surface area contributed by atoms with Gasteiger partial charge in [-0.3, -0.25) is 10.1 Å². The fourth-order valence-corrected chi connectivity index (χ4v) is 3.48. The molecule has 1 amide bonds. The summed E-state index contributed by atoms with van der Waals surface area (Å²) in [6.45, 7) is 0. The zero-order chi connectivity index (χ0) is 18.8. The number of amides is 1. The molecular formula is C20H16N2O4S. The van der Waals surface area contributed by atoms with E-state index in [1.807, 2.05) is 35.7 Å². The Morgan fingerprint density at radius 2 is 1.96 bits per heavy atom. The molecule has 2 aromatic heterocycles. The first-order chi connectivity index (χ1) is 13.2. The van der Waals surface area contributed by atoms with Crippen LogP contribution in [-0.2, 0) is 0 Å². The van der Waals surface area contributed by atoms with Gasteiger partial charge in [0, 0.05) is 10.8 Å². The second kappa shape index (κ2) is 7.13. The number of hydrogen-bond donors (Lipinski definition) is 1. The van der Waals surface area contributed by atoms with E-state index in [1.165, 1.54) is 25.6 Å². The largest absolute Gasteiger partial charge is 0.493 e. The van der Waals surface area contributed by atoms with E-state index in [1.54, 1.807) is 18.2 Å². The number of nitrogens with zero attached hydrogens (tertiary/aromatic N) is 1. The minimum Gasteiger partial charge on any atom is -0.493 e. The first-order valence-corrected chi connectivity index (χ1v) is 9.04. The molecule has 0 aliphatic carbocycles. The number of aromatic nitrogens is 1.